The minimum Gasteiger partial charge on any atom is -0.341 e. The van der Waals surface area contributed by atoms with Crippen LogP contribution in [0.1, 0.15) is 24.8 Å². The highest BCUT2D eigenvalue weighted by molar-refractivity contribution is 7.08. The number of likely N-dealkylation sites (tertiary alicyclic amines) is 1. The summed E-state index contributed by atoms with van der Waals surface area (Å²) in [6, 6.07) is 2.19. The third-order valence-corrected chi connectivity index (χ3v) is 3.65. The van der Waals surface area contributed by atoms with E-state index in [0.717, 1.165) is 18.5 Å². The lowest BCUT2D eigenvalue weighted by atomic mass is 10.0. The van der Waals surface area contributed by atoms with E-state index >= 15 is 0 Å². The molecule has 2 N–H and O–H groups in total. The quantitative estimate of drug-likeness (QED) is 0.882. The number of hydrogen-bond acceptors (Lipinski definition) is 3. The first-order valence-electron chi connectivity index (χ1n) is 5.25. The standard InChI is InChI=1S/C11H16N2OS.ClH/c1-8(9-3-5-15-7-9)11(14)13-4-2-10(12)6-13;/h3,5,7-8,10H,2,4,6,12H2,1H3;1H. The fourth-order valence-corrected chi connectivity index (χ4v) is 2.68. The molecule has 1 amide bonds. The third-order valence-electron chi connectivity index (χ3n) is 2.95. The zero-order valence-electron chi connectivity index (χ0n) is 9.26. The van der Waals surface area contributed by atoms with Crippen molar-refractivity contribution in [1.82, 2.24) is 4.90 Å². The molecule has 0 spiro atoms. The van der Waals surface area contributed by atoms with Gasteiger partial charge in [0, 0.05) is 19.1 Å². The first-order valence-corrected chi connectivity index (χ1v) is 6.19. The van der Waals surface area contributed by atoms with Crippen LogP contribution in [-0.4, -0.2) is 29.9 Å². The van der Waals surface area contributed by atoms with Gasteiger partial charge in [0.2, 0.25) is 5.91 Å². The molecule has 90 valence electrons. The van der Waals surface area contributed by atoms with E-state index in [9.17, 15) is 4.79 Å². The molecule has 1 aromatic rings. The number of halogens is 1. The lowest BCUT2D eigenvalue weighted by Gasteiger charge is -2.20. The fraction of sp³-hybridized carbons (Fsp3) is 0.545. The number of amides is 1. The molecule has 1 fully saturated rings. The maximum absolute atomic E-state index is 12.1. The summed E-state index contributed by atoms with van der Waals surface area (Å²) in [5, 5.41) is 4.05. The molecule has 0 radical (unpaired) electrons. The summed E-state index contributed by atoms with van der Waals surface area (Å²) < 4.78 is 0. The van der Waals surface area contributed by atoms with Crippen LogP contribution in [-0.2, 0) is 4.79 Å². The topological polar surface area (TPSA) is 46.3 Å². The molecule has 1 aromatic heterocycles. The Hall–Kier alpha value is -0.580. The Morgan fingerprint density at radius 2 is 2.44 bits per heavy atom. The van der Waals surface area contributed by atoms with Crippen molar-refractivity contribution >= 4 is 29.7 Å². The molecular formula is C11H17ClN2OS. The fourth-order valence-electron chi connectivity index (χ4n) is 1.93. The Balaban J connectivity index is 0.00000128. The monoisotopic (exact) mass is 260 g/mol. The smallest absolute Gasteiger partial charge is 0.229 e. The van der Waals surface area contributed by atoms with Crippen LogP contribution in [0.25, 0.3) is 0 Å². The number of nitrogens with two attached hydrogens (primary N) is 1. The highest BCUT2D eigenvalue weighted by atomic mass is 35.5. The number of rotatable bonds is 2. The molecule has 2 heterocycles. The molecule has 0 saturated carbocycles. The number of hydrogen-bond donors (Lipinski definition) is 1. The van der Waals surface area contributed by atoms with Crippen LogP contribution < -0.4 is 5.73 Å². The van der Waals surface area contributed by atoms with Gasteiger partial charge in [-0.3, -0.25) is 4.79 Å². The van der Waals surface area contributed by atoms with Crippen LogP contribution in [0.5, 0.6) is 0 Å². The molecule has 0 aromatic carbocycles. The average molecular weight is 261 g/mol. The summed E-state index contributed by atoms with van der Waals surface area (Å²) in [6.07, 6.45) is 0.933. The molecule has 0 aliphatic carbocycles. The van der Waals surface area contributed by atoms with Gasteiger partial charge < -0.3 is 10.6 Å². The Morgan fingerprint density at radius 1 is 1.69 bits per heavy atom. The van der Waals surface area contributed by atoms with Gasteiger partial charge in [-0.1, -0.05) is 0 Å². The Kier molecular flexibility index (Phi) is 4.77. The highest BCUT2D eigenvalue weighted by Crippen LogP contribution is 2.22. The summed E-state index contributed by atoms with van der Waals surface area (Å²) in [6.45, 7) is 3.50. The van der Waals surface area contributed by atoms with E-state index in [0.29, 0.717) is 6.54 Å². The van der Waals surface area contributed by atoms with Gasteiger partial charge in [-0.05, 0) is 35.7 Å². The molecule has 1 aliphatic heterocycles. The van der Waals surface area contributed by atoms with E-state index in [1.54, 1.807) is 11.3 Å². The molecule has 1 aliphatic rings. The SMILES string of the molecule is CC(C(=O)N1CCC(N)C1)c1ccsc1.Cl. The Labute approximate surface area is 106 Å². The van der Waals surface area contributed by atoms with Gasteiger partial charge in [0.1, 0.15) is 0 Å². The lowest BCUT2D eigenvalue weighted by molar-refractivity contribution is -0.131. The molecule has 16 heavy (non-hydrogen) atoms. The van der Waals surface area contributed by atoms with Gasteiger partial charge in [0.15, 0.2) is 0 Å². The van der Waals surface area contributed by atoms with E-state index in [2.05, 4.69) is 0 Å². The van der Waals surface area contributed by atoms with Crippen LogP contribution in [0.4, 0.5) is 0 Å². The second-order valence-corrected chi connectivity index (χ2v) is 4.89. The van der Waals surface area contributed by atoms with Crippen molar-refractivity contribution in [2.24, 2.45) is 5.73 Å². The van der Waals surface area contributed by atoms with E-state index in [1.807, 2.05) is 28.7 Å². The minimum absolute atomic E-state index is 0. The van der Waals surface area contributed by atoms with Crippen molar-refractivity contribution in [2.75, 3.05) is 13.1 Å². The third kappa shape index (κ3) is 2.75. The Bertz CT molecular complexity index is 342. The zero-order valence-corrected chi connectivity index (χ0v) is 10.9. The largest absolute Gasteiger partial charge is 0.341 e. The van der Waals surface area contributed by atoms with Gasteiger partial charge >= 0.3 is 0 Å². The van der Waals surface area contributed by atoms with Gasteiger partial charge in [0.05, 0.1) is 5.92 Å². The van der Waals surface area contributed by atoms with E-state index in [4.69, 9.17) is 5.73 Å². The first-order chi connectivity index (χ1) is 7.18. The minimum atomic E-state index is -0.0263. The molecule has 5 heteroatoms. The van der Waals surface area contributed by atoms with Crippen molar-refractivity contribution in [3.8, 4) is 0 Å². The van der Waals surface area contributed by atoms with Crippen LogP contribution in [0, 0.1) is 0 Å². The van der Waals surface area contributed by atoms with Gasteiger partial charge in [-0.25, -0.2) is 0 Å². The summed E-state index contributed by atoms with van der Waals surface area (Å²) in [5.41, 5.74) is 6.91. The van der Waals surface area contributed by atoms with Gasteiger partial charge in [0.25, 0.3) is 0 Å². The zero-order chi connectivity index (χ0) is 10.8. The van der Waals surface area contributed by atoms with E-state index < -0.39 is 0 Å². The van der Waals surface area contributed by atoms with Gasteiger partial charge in [-0.2, -0.15) is 11.3 Å². The molecule has 1 saturated heterocycles. The van der Waals surface area contributed by atoms with Crippen molar-refractivity contribution in [2.45, 2.75) is 25.3 Å². The predicted octanol–water partition coefficient (Wildman–Crippen LogP) is 1.83. The number of nitrogens with zero attached hydrogens (tertiary/aromatic N) is 1. The van der Waals surface area contributed by atoms with Crippen LogP contribution in [0.15, 0.2) is 16.8 Å². The maximum atomic E-state index is 12.1. The number of thiophene rings is 1. The summed E-state index contributed by atoms with van der Waals surface area (Å²) in [7, 11) is 0. The summed E-state index contributed by atoms with van der Waals surface area (Å²) in [4.78, 5) is 13.9. The van der Waals surface area contributed by atoms with Crippen molar-refractivity contribution in [3.05, 3.63) is 22.4 Å². The normalized spacial score (nSPS) is 21.6. The number of carbonyl (C=O) groups excluding carboxylic acids is 1. The van der Waals surface area contributed by atoms with Crippen molar-refractivity contribution in [3.63, 3.8) is 0 Å². The number of carbonyl (C=O) groups is 1. The highest BCUT2D eigenvalue weighted by Gasteiger charge is 2.27. The molecule has 2 unspecified atom stereocenters. The lowest BCUT2D eigenvalue weighted by Crippen LogP contribution is -2.34. The van der Waals surface area contributed by atoms with Gasteiger partial charge in [-0.15, -0.1) is 12.4 Å². The molecule has 2 atom stereocenters. The molecular weight excluding hydrogens is 244 g/mol. The van der Waals surface area contributed by atoms with Crippen LogP contribution >= 0.6 is 23.7 Å². The predicted molar refractivity (Wildman–Crippen MR) is 69.2 cm³/mol. The van der Waals surface area contributed by atoms with Crippen LogP contribution in [0.2, 0.25) is 0 Å². The van der Waals surface area contributed by atoms with E-state index in [-0.39, 0.29) is 30.3 Å². The summed E-state index contributed by atoms with van der Waals surface area (Å²) >= 11 is 1.63. The molecule has 2 rings (SSSR count). The van der Waals surface area contributed by atoms with Crippen molar-refractivity contribution in [1.29, 1.82) is 0 Å². The Morgan fingerprint density at radius 3 is 2.94 bits per heavy atom. The summed E-state index contributed by atoms with van der Waals surface area (Å²) in [5.74, 6) is 0.183. The molecule has 3 nitrogen and oxygen atoms in total. The second kappa shape index (κ2) is 5.66. The average Bonchev–Trinajstić information content (AvgIpc) is 2.85. The second-order valence-electron chi connectivity index (χ2n) is 4.11. The van der Waals surface area contributed by atoms with E-state index in [1.165, 1.54) is 0 Å². The molecule has 0 bridgehead atoms. The maximum Gasteiger partial charge on any atom is 0.229 e. The first kappa shape index (κ1) is 13.5. The van der Waals surface area contributed by atoms with Crippen LogP contribution in [0.3, 0.4) is 0 Å². The van der Waals surface area contributed by atoms with Crippen molar-refractivity contribution < 1.29 is 4.79 Å².